The number of fused-ring (bicyclic) bond motifs is 3. The van der Waals surface area contributed by atoms with E-state index in [4.69, 9.17) is 10.5 Å². The Morgan fingerprint density at radius 3 is 2.46 bits per heavy atom. The molecule has 6 nitrogen and oxygen atoms in total. The number of nitrogens with zero attached hydrogens (tertiary/aromatic N) is 1. The minimum atomic E-state index is -0.438. The Balaban J connectivity index is 1.31. The lowest BCUT2D eigenvalue weighted by Gasteiger charge is -2.14. The van der Waals surface area contributed by atoms with Gasteiger partial charge in [0, 0.05) is 18.9 Å². The van der Waals surface area contributed by atoms with Gasteiger partial charge in [0.2, 0.25) is 0 Å². The second-order valence-corrected chi connectivity index (χ2v) is 6.50. The first kappa shape index (κ1) is 17.7. The average molecular weight is 372 g/mol. The number of hydrogen-bond donors (Lipinski definition) is 3. The fourth-order valence-electron chi connectivity index (χ4n) is 3.43. The third kappa shape index (κ3) is 3.55. The number of rotatable bonds is 4. The number of amides is 1. The molecule has 28 heavy (non-hydrogen) atoms. The molecule has 1 aliphatic carbocycles. The fraction of sp³-hybridized carbons (Fsp3) is 0.182. The predicted molar refractivity (Wildman–Crippen MR) is 108 cm³/mol. The van der Waals surface area contributed by atoms with Crippen LogP contribution in [0.25, 0.3) is 11.1 Å². The van der Waals surface area contributed by atoms with E-state index in [1.807, 2.05) is 24.3 Å². The van der Waals surface area contributed by atoms with Crippen LogP contribution in [0.1, 0.15) is 29.0 Å². The SMILES string of the molecule is Nc1[nH]ncc1C#CCCNC(=O)OCC1c2ccccc2-c2ccccc21. The van der Waals surface area contributed by atoms with Crippen molar-refractivity contribution < 1.29 is 9.53 Å². The lowest BCUT2D eigenvalue weighted by Crippen LogP contribution is -2.26. The van der Waals surface area contributed by atoms with Crippen LogP contribution in [0.15, 0.2) is 54.7 Å². The molecule has 2 aromatic carbocycles. The molecule has 0 radical (unpaired) electrons. The standard InChI is InChI=1S/C22H20N4O2/c23-21-15(13-25-26-21)7-5-6-12-24-22(27)28-14-20-18-10-3-1-8-16(18)17-9-2-4-11-19(17)20/h1-4,8-11,13,20H,6,12,14H2,(H,24,27)(H3,23,25,26). The number of alkyl carbamates (subject to hydrolysis) is 1. The van der Waals surface area contributed by atoms with Gasteiger partial charge in [-0.25, -0.2) is 4.79 Å². The molecular weight excluding hydrogens is 352 g/mol. The highest BCUT2D eigenvalue weighted by molar-refractivity contribution is 5.79. The van der Waals surface area contributed by atoms with Crippen molar-refractivity contribution in [3.8, 4) is 23.0 Å². The van der Waals surface area contributed by atoms with Gasteiger partial charge in [-0.15, -0.1) is 0 Å². The summed E-state index contributed by atoms with van der Waals surface area (Å²) in [5, 5.41) is 9.15. The third-order valence-corrected chi connectivity index (χ3v) is 4.75. The van der Waals surface area contributed by atoms with Crippen molar-refractivity contribution >= 4 is 11.9 Å². The van der Waals surface area contributed by atoms with Crippen molar-refractivity contribution in [2.24, 2.45) is 0 Å². The lowest BCUT2D eigenvalue weighted by molar-refractivity contribution is 0.143. The van der Waals surface area contributed by atoms with Gasteiger partial charge in [0.05, 0.1) is 11.8 Å². The van der Waals surface area contributed by atoms with Crippen LogP contribution in [0.5, 0.6) is 0 Å². The van der Waals surface area contributed by atoms with Gasteiger partial charge in [0.1, 0.15) is 12.4 Å². The molecule has 1 heterocycles. The number of carbonyl (C=O) groups is 1. The van der Waals surface area contributed by atoms with Gasteiger partial charge in [-0.1, -0.05) is 60.4 Å². The molecule has 4 N–H and O–H groups in total. The number of nitrogen functional groups attached to an aromatic ring is 1. The van der Waals surface area contributed by atoms with Crippen LogP contribution in [0.3, 0.4) is 0 Å². The van der Waals surface area contributed by atoms with Crippen molar-refractivity contribution in [3.05, 3.63) is 71.4 Å². The van der Waals surface area contributed by atoms with Gasteiger partial charge >= 0.3 is 6.09 Å². The Morgan fingerprint density at radius 2 is 1.82 bits per heavy atom. The molecule has 6 heteroatoms. The number of nitrogens with one attached hydrogen (secondary N) is 2. The highest BCUT2D eigenvalue weighted by Gasteiger charge is 2.28. The van der Waals surface area contributed by atoms with E-state index in [0.29, 0.717) is 31.0 Å². The summed E-state index contributed by atoms with van der Waals surface area (Å²) in [4.78, 5) is 12.1. The molecule has 0 bridgehead atoms. The van der Waals surface area contributed by atoms with E-state index in [2.05, 4.69) is 51.6 Å². The number of anilines is 1. The van der Waals surface area contributed by atoms with Crippen LogP contribution in [0.4, 0.5) is 10.6 Å². The minimum absolute atomic E-state index is 0.0574. The lowest BCUT2D eigenvalue weighted by atomic mass is 9.98. The topological polar surface area (TPSA) is 93.0 Å². The maximum Gasteiger partial charge on any atom is 0.407 e. The van der Waals surface area contributed by atoms with Crippen molar-refractivity contribution in [3.63, 3.8) is 0 Å². The first-order valence-electron chi connectivity index (χ1n) is 9.10. The van der Waals surface area contributed by atoms with Crippen LogP contribution < -0.4 is 11.1 Å². The summed E-state index contributed by atoms with van der Waals surface area (Å²) in [6, 6.07) is 16.5. The zero-order valence-electron chi connectivity index (χ0n) is 15.2. The first-order valence-corrected chi connectivity index (χ1v) is 9.10. The van der Waals surface area contributed by atoms with Gasteiger partial charge in [-0.3, -0.25) is 5.10 Å². The third-order valence-electron chi connectivity index (χ3n) is 4.75. The van der Waals surface area contributed by atoms with Gasteiger partial charge in [-0.2, -0.15) is 5.10 Å². The Hall–Kier alpha value is -3.72. The van der Waals surface area contributed by atoms with Crippen molar-refractivity contribution in [2.45, 2.75) is 12.3 Å². The summed E-state index contributed by atoms with van der Waals surface area (Å²) in [7, 11) is 0. The van der Waals surface area contributed by atoms with Crippen LogP contribution >= 0.6 is 0 Å². The number of carbonyl (C=O) groups excluding carboxylic acids is 1. The summed E-state index contributed by atoms with van der Waals surface area (Å²) in [6.45, 7) is 0.707. The molecule has 1 amide bonds. The Morgan fingerprint density at radius 1 is 1.14 bits per heavy atom. The zero-order chi connectivity index (χ0) is 19.3. The van der Waals surface area contributed by atoms with Crippen LogP contribution in [0, 0.1) is 11.8 Å². The van der Waals surface area contributed by atoms with Crippen molar-refractivity contribution in [1.29, 1.82) is 0 Å². The van der Waals surface area contributed by atoms with E-state index in [1.165, 1.54) is 22.3 Å². The molecule has 1 aromatic heterocycles. The maximum atomic E-state index is 12.1. The molecule has 0 aliphatic heterocycles. The van der Waals surface area contributed by atoms with Crippen molar-refractivity contribution in [1.82, 2.24) is 15.5 Å². The highest BCUT2D eigenvalue weighted by atomic mass is 16.5. The molecule has 4 rings (SSSR count). The van der Waals surface area contributed by atoms with Gasteiger partial charge in [-0.05, 0) is 22.3 Å². The summed E-state index contributed by atoms with van der Waals surface area (Å²) in [6.07, 6.45) is 1.63. The number of benzene rings is 2. The first-order chi connectivity index (χ1) is 13.7. The molecule has 0 fully saturated rings. The smallest absolute Gasteiger partial charge is 0.407 e. The number of ether oxygens (including phenoxy) is 1. The largest absolute Gasteiger partial charge is 0.449 e. The quantitative estimate of drug-likeness (QED) is 0.484. The number of aromatic amines is 1. The molecular formula is C22H20N4O2. The summed E-state index contributed by atoms with van der Waals surface area (Å²) in [5.74, 6) is 6.35. The van der Waals surface area contributed by atoms with E-state index in [-0.39, 0.29) is 5.92 Å². The summed E-state index contributed by atoms with van der Waals surface area (Å²) in [5.41, 5.74) is 11.1. The van der Waals surface area contributed by atoms with E-state index < -0.39 is 6.09 Å². The zero-order valence-corrected chi connectivity index (χ0v) is 15.2. The molecule has 1 aliphatic rings. The van der Waals surface area contributed by atoms with Gasteiger partial charge in [0.25, 0.3) is 0 Å². The van der Waals surface area contributed by atoms with Crippen molar-refractivity contribution in [2.75, 3.05) is 18.9 Å². The maximum absolute atomic E-state index is 12.1. The Kier molecular flexibility index (Phi) is 4.98. The molecule has 0 spiro atoms. The average Bonchev–Trinajstić information content (AvgIpc) is 3.27. The molecule has 0 unspecified atom stereocenters. The second kappa shape index (κ2) is 7.89. The fourth-order valence-corrected chi connectivity index (χ4v) is 3.43. The summed E-state index contributed by atoms with van der Waals surface area (Å²) >= 11 is 0. The Bertz CT molecular complexity index is 1020. The van der Waals surface area contributed by atoms with Crippen LogP contribution in [0.2, 0.25) is 0 Å². The molecule has 3 aromatic rings. The number of H-pyrrole nitrogens is 1. The number of aromatic nitrogens is 2. The number of hydrogen-bond acceptors (Lipinski definition) is 4. The van der Waals surface area contributed by atoms with Gasteiger partial charge < -0.3 is 15.8 Å². The Labute approximate surface area is 163 Å². The predicted octanol–water partition coefficient (Wildman–Crippen LogP) is 3.27. The monoisotopic (exact) mass is 372 g/mol. The van der Waals surface area contributed by atoms with E-state index in [9.17, 15) is 4.79 Å². The normalized spacial score (nSPS) is 11.9. The summed E-state index contributed by atoms with van der Waals surface area (Å²) < 4.78 is 5.48. The number of nitrogens with two attached hydrogens (primary N) is 1. The van der Waals surface area contributed by atoms with Crippen LogP contribution in [-0.2, 0) is 4.74 Å². The second-order valence-electron chi connectivity index (χ2n) is 6.50. The molecule has 0 saturated carbocycles. The highest BCUT2D eigenvalue weighted by Crippen LogP contribution is 2.44. The minimum Gasteiger partial charge on any atom is -0.449 e. The molecule has 140 valence electrons. The van der Waals surface area contributed by atoms with E-state index in [0.717, 1.165) is 0 Å². The van der Waals surface area contributed by atoms with E-state index >= 15 is 0 Å². The van der Waals surface area contributed by atoms with Crippen LogP contribution in [-0.4, -0.2) is 29.4 Å². The van der Waals surface area contributed by atoms with E-state index in [1.54, 1.807) is 6.20 Å². The molecule has 0 atom stereocenters. The molecule has 0 saturated heterocycles. The van der Waals surface area contributed by atoms with Gasteiger partial charge in [0.15, 0.2) is 0 Å².